The minimum Gasteiger partial charge on any atom is -0.352 e. The zero-order chi connectivity index (χ0) is 13.1. The van der Waals surface area contributed by atoms with E-state index in [1.54, 1.807) is 6.20 Å². The van der Waals surface area contributed by atoms with E-state index in [-0.39, 0.29) is 6.29 Å². The fraction of sp³-hybridized carbons (Fsp3) is 0.308. The number of nitrogens with one attached hydrogen (secondary N) is 3. The summed E-state index contributed by atoms with van der Waals surface area (Å²) in [5.74, 6) is 0. The Hall–Kier alpha value is -2.19. The van der Waals surface area contributed by atoms with Gasteiger partial charge in [0.25, 0.3) is 0 Å². The molecule has 1 aromatic carbocycles. The molecule has 0 aliphatic carbocycles. The summed E-state index contributed by atoms with van der Waals surface area (Å²) >= 11 is 0. The number of hydrogen-bond acceptors (Lipinski definition) is 5. The molecule has 1 aliphatic heterocycles. The molecular weight excluding hydrogens is 226 g/mol. The van der Waals surface area contributed by atoms with E-state index in [1.165, 1.54) is 11.1 Å². The van der Waals surface area contributed by atoms with Gasteiger partial charge in [0.2, 0.25) is 0 Å². The Bertz CT molecular complexity index is 494. The van der Waals surface area contributed by atoms with Crippen LogP contribution >= 0.6 is 0 Å². The second-order valence-corrected chi connectivity index (χ2v) is 4.51. The van der Waals surface area contributed by atoms with Crippen molar-refractivity contribution in [2.24, 2.45) is 0 Å². The lowest BCUT2D eigenvalue weighted by molar-refractivity contribution is 0.261. The minimum atomic E-state index is -0.0942. The Kier molecular flexibility index (Phi) is 3.40. The van der Waals surface area contributed by atoms with Crippen molar-refractivity contribution in [2.75, 3.05) is 12.4 Å². The molecule has 0 saturated carbocycles. The van der Waals surface area contributed by atoms with Gasteiger partial charge in [-0.25, -0.2) is 0 Å². The lowest BCUT2D eigenvalue weighted by Crippen LogP contribution is -2.55. The molecule has 0 fully saturated rings. The highest BCUT2D eigenvalue weighted by Gasteiger charge is 2.17. The highest BCUT2D eigenvalue weighted by Crippen LogP contribution is 2.15. The van der Waals surface area contributed by atoms with E-state index in [1.807, 2.05) is 11.9 Å². The second-order valence-electron chi connectivity index (χ2n) is 4.51. The van der Waals surface area contributed by atoms with E-state index in [2.05, 4.69) is 54.3 Å². The number of anilines is 1. The summed E-state index contributed by atoms with van der Waals surface area (Å²) in [5.41, 5.74) is 9.86. The quantitative estimate of drug-likeness (QED) is 0.733. The molecular formula is C13H17N5. The van der Waals surface area contributed by atoms with Crippen molar-refractivity contribution >= 4 is 5.69 Å². The largest absolute Gasteiger partial charge is 0.352 e. The van der Waals surface area contributed by atoms with Gasteiger partial charge in [0.15, 0.2) is 6.29 Å². The average molecular weight is 243 g/mol. The third kappa shape index (κ3) is 2.73. The number of rotatable bonds is 2. The van der Waals surface area contributed by atoms with Gasteiger partial charge < -0.3 is 15.6 Å². The Labute approximate surface area is 107 Å². The van der Waals surface area contributed by atoms with Crippen molar-refractivity contribution in [1.82, 2.24) is 15.8 Å². The van der Waals surface area contributed by atoms with Crippen LogP contribution in [0.3, 0.4) is 0 Å². The number of benzene rings is 1. The first-order valence-corrected chi connectivity index (χ1v) is 5.79. The van der Waals surface area contributed by atoms with Crippen LogP contribution in [-0.2, 0) is 0 Å². The normalized spacial score (nSPS) is 18.7. The first-order chi connectivity index (χ1) is 8.58. The van der Waals surface area contributed by atoms with Gasteiger partial charge in [-0.05, 0) is 37.1 Å². The van der Waals surface area contributed by atoms with E-state index in [0.717, 1.165) is 5.69 Å². The van der Waals surface area contributed by atoms with Gasteiger partial charge in [-0.2, -0.15) is 10.7 Å². The number of nitriles is 1. The predicted octanol–water partition coefficient (Wildman–Crippen LogP) is 1.40. The topological polar surface area (TPSA) is 63.1 Å². The third-order valence-corrected chi connectivity index (χ3v) is 2.73. The summed E-state index contributed by atoms with van der Waals surface area (Å²) in [4.78, 5) is 1.91. The van der Waals surface area contributed by atoms with Crippen molar-refractivity contribution in [2.45, 2.75) is 20.1 Å². The molecule has 0 saturated heterocycles. The first-order valence-electron chi connectivity index (χ1n) is 5.79. The van der Waals surface area contributed by atoms with E-state index < -0.39 is 0 Å². The molecule has 1 heterocycles. The molecule has 0 radical (unpaired) electrons. The smallest absolute Gasteiger partial charge is 0.171 e. The standard InChI is InChI=1S/C13H17N5/c1-9-4-10(2)6-11(5-9)15-13-17-16-12(7-14)8-18(13)3/h4-6,8,13,15-17H,1-3H3. The van der Waals surface area contributed by atoms with Gasteiger partial charge >= 0.3 is 0 Å². The molecule has 0 bridgehead atoms. The molecule has 1 aliphatic rings. The fourth-order valence-corrected chi connectivity index (χ4v) is 1.97. The molecule has 3 N–H and O–H groups in total. The monoisotopic (exact) mass is 243 g/mol. The summed E-state index contributed by atoms with van der Waals surface area (Å²) < 4.78 is 0. The minimum absolute atomic E-state index is 0.0942. The van der Waals surface area contributed by atoms with Crippen LogP contribution in [0.5, 0.6) is 0 Å². The van der Waals surface area contributed by atoms with E-state index >= 15 is 0 Å². The van der Waals surface area contributed by atoms with Crippen molar-refractivity contribution in [3.63, 3.8) is 0 Å². The van der Waals surface area contributed by atoms with Crippen LogP contribution in [-0.4, -0.2) is 18.2 Å². The van der Waals surface area contributed by atoms with Gasteiger partial charge in [-0.1, -0.05) is 6.07 Å². The van der Waals surface area contributed by atoms with Crippen molar-refractivity contribution < 1.29 is 0 Å². The number of hydrogen-bond donors (Lipinski definition) is 3. The van der Waals surface area contributed by atoms with E-state index in [4.69, 9.17) is 5.26 Å². The maximum Gasteiger partial charge on any atom is 0.171 e. The van der Waals surface area contributed by atoms with Crippen LogP contribution in [0, 0.1) is 25.2 Å². The molecule has 2 rings (SSSR count). The van der Waals surface area contributed by atoms with E-state index in [9.17, 15) is 0 Å². The van der Waals surface area contributed by atoms with E-state index in [0.29, 0.717) is 5.70 Å². The van der Waals surface area contributed by atoms with Crippen LogP contribution in [0.25, 0.3) is 0 Å². The predicted molar refractivity (Wildman–Crippen MR) is 71.1 cm³/mol. The van der Waals surface area contributed by atoms with Gasteiger partial charge in [0.05, 0.1) is 0 Å². The van der Waals surface area contributed by atoms with Crippen molar-refractivity contribution in [3.8, 4) is 6.07 Å². The fourth-order valence-electron chi connectivity index (χ4n) is 1.97. The van der Waals surface area contributed by atoms with Crippen molar-refractivity contribution in [3.05, 3.63) is 41.2 Å². The van der Waals surface area contributed by atoms with Crippen LogP contribution in [0.1, 0.15) is 11.1 Å². The second kappa shape index (κ2) is 4.98. The first kappa shape index (κ1) is 12.3. The molecule has 0 amide bonds. The maximum atomic E-state index is 8.79. The molecule has 0 spiro atoms. The zero-order valence-corrected chi connectivity index (χ0v) is 10.8. The summed E-state index contributed by atoms with van der Waals surface area (Å²) in [7, 11) is 1.91. The third-order valence-electron chi connectivity index (χ3n) is 2.73. The summed E-state index contributed by atoms with van der Waals surface area (Å²) in [6.07, 6.45) is 1.67. The SMILES string of the molecule is Cc1cc(C)cc(NC2NNC(C#N)=CN2C)c1. The molecule has 18 heavy (non-hydrogen) atoms. The molecule has 1 unspecified atom stereocenters. The highest BCUT2D eigenvalue weighted by atomic mass is 15.5. The maximum absolute atomic E-state index is 8.79. The van der Waals surface area contributed by atoms with Gasteiger partial charge in [0, 0.05) is 18.9 Å². The van der Waals surface area contributed by atoms with Gasteiger partial charge in [0.1, 0.15) is 11.8 Å². The van der Waals surface area contributed by atoms with Gasteiger partial charge in [-0.3, -0.25) is 0 Å². The highest BCUT2D eigenvalue weighted by molar-refractivity contribution is 5.49. The number of hydrazine groups is 1. The molecule has 5 nitrogen and oxygen atoms in total. The Morgan fingerprint density at radius 3 is 2.50 bits per heavy atom. The molecule has 5 heteroatoms. The van der Waals surface area contributed by atoms with Crippen LogP contribution in [0.15, 0.2) is 30.1 Å². The average Bonchev–Trinajstić information content (AvgIpc) is 2.30. The molecule has 1 atom stereocenters. The zero-order valence-electron chi connectivity index (χ0n) is 10.8. The lowest BCUT2D eigenvalue weighted by Gasteiger charge is -2.33. The number of aryl methyl sites for hydroxylation is 2. The van der Waals surface area contributed by atoms with Crippen LogP contribution in [0.2, 0.25) is 0 Å². The molecule has 1 aromatic rings. The lowest BCUT2D eigenvalue weighted by atomic mass is 10.1. The van der Waals surface area contributed by atoms with Gasteiger partial charge in [-0.15, -0.1) is 0 Å². The van der Waals surface area contributed by atoms with Crippen LogP contribution in [0.4, 0.5) is 5.69 Å². The number of nitrogens with zero attached hydrogens (tertiary/aromatic N) is 2. The molecule has 0 aromatic heterocycles. The van der Waals surface area contributed by atoms with Crippen LogP contribution < -0.4 is 16.2 Å². The Morgan fingerprint density at radius 1 is 1.28 bits per heavy atom. The Balaban J connectivity index is 2.11. The van der Waals surface area contributed by atoms with Crippen molar-refractivity contribution in [1.29, 1.82) is 5.26 Å². The summed E-state index contributed by atoms with van der Waals surface area (Å²) in [6, 6.07) is 8.37. The summed E-state index contributed by atoms with van der Waals surface area (Å²) in [6.45, 7) is 4.14. The Morgan fingerprint density at radius 2 is 1.94 bits per heavy atom. The number of allylic oxidation sites excluding steroid dienone is 1. The summed E-state index contributed by atoms with van der Waals surface area (Å²) in [5, 5.41) is 12.1. The molecule has 94 valence electrons.